The monoisotopic (exact) mass is 360 g/mol. The molecule has 0 radical (unpaired) electrons. The molecule has 1 aliphatic rings. The number of rotatable bonds is 9. The van der Waals surface area contributed by atoms with Crippen molar-refractivity contribution < 1.29 is 14.3 Å². The van der Waals surface area contributed by atoms with Crippen molar-refractivity contribution >= 4 is 17.5 Å². The molecule has 144 valence electrons. The fourth-order valence-electron chi connectivity index (χ4n) is 2.95. The van der Waals surface area contributed by atoms with Crippen molar-refractivity contribution in [1.29, 1.82) is 0 Å². The van der Waals surface area contributed by atoms with Gasteiger partial charge < -0.3 is 14.5 Å². The summed E-state index contributed by atoms with van der Waals surface area (Å²) in [6.45, 7) is 10.7. The van der Waals surface area contributed by atoms with Crippen molar-refractivity contribution in [2.45, 2.75) is 47.0 Å². The number of para-hydroxylation sites is 2. The molecule has 0 aromatic heterocycles. The molecule has 0 saturated carbocycles. The fourth-order valence-corrected chi connectivity index (χ4v) is 2.95. The van der Waals surface area contributed by atoms with Crippen molar-refractivity contribution in [3.05, 3.63) is 24.3 Å². The molecule has 1 aromatic carbocycles. The molecule has 0 unspecified atom stereocenters. The fraction of sp³-hybridized carbons (Fsp3) is 0.619. The second kappa shape index (κ2) is 9.60. The highest BCUT2D eigenvalue weighted by Crippen LogP contribution is 2.31. The van der Waals surface area contributed by atoms with Crippen LogP contribution in [-0.4, -0.2) is 43.0 Å². The van der Waals surface area contributed by atoms with E-state index < -0.39 is 0 Å². The van der Waals surface area contributed by atoms with E-state index in [4.69, 9.17) is 4.74 Å². The molecular formula is C21H32N2O3. The summed E-state index contributed by atoms with van der Waals surface area (Å²) in [4.78, 5) is 28.7. The summed E-state index contributed by atoms with van der Waals surface area (Å²) in [6.07, 6.45) is 2.35. The minimum absolute atomic E-state index is 0.0373. The zero-order valence-corrected chi connectivity index (χ0v) is 16.5. The largest absolute Gasteiger partial charge is 0.482 e. The molecule has 2 amide bonds. The number of hydrogen-bond acceptors (Lipinski definition) is 3. The Balaban J connectivity index is 1.98. The minimum Gasteiger partial charge on any atom is -0.482 e. The van der Waals surface area contributed by atoms with E-state index in [-0.39, 0.29) is 18.4 Å². The van der Waals surface area contributed by atoms with Gasteiger partial charge in [-0.25, -0.2) is 0 Å². The third-order valence-corrected chi connectivity index (χ3v) is 4.66. The van der Waals surface area contributed by atoms with Crippen LogP contribution in [0.3, 0.4) is 0 Å². The average molecular weight is 360 g/mol. The van der Waals surface area contributed by atoms with E-state index in [1.54, 1.807) is 4.90 Å². The maximum atomic E-state index is 12.8. The molecule has 0 spiro atoms. The number of ether oxygens (including phenoxy) is 1. The summed E-state index contributed by atoms with van der Waals surface area (Å²) in [5.41, 5.74) is 0.757. The summed E-state index contributed by atoms with van der Waals surface area (Å²) < 4.78 is 5.46. The third kappa shape index (κ3) is 5.75. The van der Waals surface area contributed by atoms with Crippen LogP contribution in [0.5, 0.6) is 5.75 Å². The molecule has 0 fully saturated rings. The van der Waals surface area contributed by atoms with Crippen LogP contribution in [0.1, 0.15) is 47.0 Å². The zero-order valence-electron chi connectivity index (χ0n) is 16.5. The predicted octanol–water partition coefficient (Wildman–Crippen LogP) is 3.72. The number of nitrogens with zero attached hydrogens (tertiary/aromatic N) is 2. The van der Waals surface area contributed by atoms with Crippen LogP contribution in [0, 0.1) is 11.8 Å². The summed E-state index contributed by atoms with van der Waals surface area (Å²) in [5.74, 6) is 1.88. The molecule has 0 bridgehead atoms. The van der Waals surface area contributed by atoms with Crippen molar-refractivity contribution in [2.24, 2.45) is 11.8 Å². The molecule has 0 saturated heterocycles. The van der Waals surface area contributed by atoms with Crippen LogP contribution < -0.4 is 9.64 Å². The number of carbonyl (C=O) groups is 2. The maximum absolute atomic E-state index is 12.8. The second-order valence-electron chi connectivity index (χ2n) is 7.80. The van der Waals surface area contributed by atoms with Gasteiger partial charge in [-0.15, -0.1) is 0 Å². The molecule has 5 heteroatoms. The quantitative estimate of drug-likeness (QED) is 0.674. The van der Waals surface area contributed by atoms with E-state index in [2.05, 4.69) is 27.7 Å². The minimum atomic E-state index is -0.0904. The van der Waals surface area contributed by atoms with Gasteiger partial charge >= 0.3 is 0 Å². The Hall–Kier alpha value is -2.04. The topological polar surface area (TPSA) is 49.9 Å². The van der Waals surface area contributed by atoms with Gasteiger partial charge in [0.05, 0.1) is 5.69 Å². The highest BCUT2D eigenvalue weighted by molar-refractivity contribution is 5.98. The van der Waals surface area contributed by atoms with Crippen LogP contribution in [-0.2, 0) is 9.59 Å². The summed E-state index contributed by atoms with van der Waals surface area (Å²) in [7, 11) is 0. The molecule has 5 nitrogen and oxygen atoms in total. The molecule has 1 aromatic rings. The van der Waals surface area contributed by atoms with Gasteiger partial charge in [0.2, 0.25) is 5.91 Å². The number of amides is 2. The van der Waals surface area contributed by atoms with Gasteiger partial charge in [0.25, 0.3) is 5.91 Å². The lowest BCUT2D eigenvalue weighted by molar-refractivity contribution is -0.131. The molecule has 1 heterocycles. The number of hydrogen-bond donors (Lipinski definition) is 0. The van der Waals surface area contributed by atoms with E-state index in [1.807, 2.05) is 29.2 Å². The Morgan fingerprint density at radius 1 is 1.12 bits per heavy atom. The van der Waals surface area contributed by atoms with Gasteiger partial charge in [0, 0.05) is 26.1 Å². The Morgan fingerprint density at radius 3 is 2.35 bits per heavy atom. The van der Waals surface area contributed by atoms with E-state index in [1.165, 1.54) is 0 Å². The van der Waals surface area contributed by atoms with Gasteiger partial charge in [-0.3, -0.25) is 9.59 Å². The van der Waals surface area contributed by atoms with Crippen molar-refractivity contribution in [2.75, 3.05) is 31.1 Å². The van der Waals surface area contributed by atoms with E-state index in [0.29, 0.717) is 30.6 Å². The molecule has 2 rings (SSSR count). The van der Waals surface area contributed by atoms with Crippen LogP contribution in [0.4, 0.5) is 5.69 Å². The van der Waals surface area contributed by atoms with Gasteiger partial charge in [-0.1, -0.05) is 39.8 Å². The average Bonchev–Trinajstić information content (AvgIpc) is 2.60. The summed E-state index contributed by atoms with van der Waals surface area (Å²) in [6, 6.07) is 7.49. The van der Waals surface area contributed by atoms with E-state index in [9.17, 15) is 9.59 Å². The Bertz CT molecular complexity index is 601. The number of benzene rings is 1. The smallest absolute Gasteiger partial charge is 0.265 e. The SMILES string of the molecule is CC(C)CCN(CCC(C)C)C(=O)CCN1C(=O)COc2ccccc21. The predicted molar refractivity (Wildman–Crippen MR) is 104 cm³/mol. The normalized spacial score (nSPS) is 13.8. The highest BCUT2D eigenvalue weighted by Gasteiger charge is 2.26. The van der Waals surface area contributed by atoms with Crippen LogP contribution >= 0.6 is 0 Å². The van der Waals surface area contributed by atoms with Crippen molar-refractivity contribution in [3.63, 3.8) is 0 Å². The van der Waals surface area contributed by atoms with Crippen LogP contribution in [0.15, 0.2) is 24.3 Å². The standard InChI is InChI=1S/C21H32N2O3/c1-16(2)9-12-22(13-10-17(3)4)20(24)11-14-23-18-7-5-6-8-19(18)26-15-21(23)25/h5-8,16-17H,9-15H2,1-4H3. The van der Waals surface area contributed by atoms with Gasteiger partial charge in [0.1, 0.15) is 5.75 Å². The first-order valence-corrected chi connectivity index (χ1v) is 9.68. The molecule has 0 atom stereocenters. The lowest BCUT2D eigenvalue weighted by Gasteiger charge is -2.30. The first kappa shape index (κ1) is 20.3. The Kier molecular flexibility index (Phi) is 7.49. The van der Waals surface area contributed by atoms with Crippen molar-refractivity contribution in [3.8, 4) is 5.75 Å². The molecule has 0 aliphatic carbocycles. The van der Waals surface area contributed by atoms with Crippen LogP contribution in [0.2, 0.25) is 0 Å². The Morgan fingerprint density at radius 2 is 1.73 bits per heavy atom. The third-order valence-electron chi connectivity index (χ3n) is 4.66. The number of anilines is 1. The number of fused-ring (bicyclic) bond motifs is 1. The molecule has 26 heavy (non-hydrogen) atoms. The van der Waals surface area contributed by atoms with Gasteiger partial charge in [-0.2, -0.15) is 0 Å². The van der Waals surface area contributed by atoms with Crippen LogP contribution in [0.25, 0.3) is 0 Å². The lowest BCUT2D eigenvalue weighted by atomic mass is 10.1. The number of carbonyl (C=O) groups excluding carboxylic acids is 2. The zero-order chi connectivity index (χ0) is 19.1. The molecule has 1 aliphatic heterocycles. The first-order chi connectivity index (χ1) is 12.4. The van der Waals surface area contributed by atoms with Crippen molar-refractivity contribution in [1.82, 2.24) is 4.90 Å². The lowest BCUT2D eigenvalue weighted by Crippen LogP contribution is -2.42. The molecule has 0 N–H and O–H groups in total. The summed E-state index contributed by atoms with van der Waals surface area (Å²) >= 11 is 0. The maximum Gasteiger partial charge on any atom is 0.265 e. The van der Waals surface area contributed by atoms with Gasteiger partial charge in [0.15, 0.2) is 6.61 Å². The van der Waals surface area contributed by atoms with E-state index >= 15 is 0 Å². The first-order valence-electron chi connectivity index (χ1n) is 9.68. The summed E-state index contributed by atoms with van der Waals surface area (Å²) in [5, 5.41) is 0. The van der Waals surface area contributed by atoms with E-state index in [0.717, 1.165) is 31.6 Å². The molecular weight excluding hydrogens is 328 g/mol. The highest BCUT2D eigenvalue weighted by atomic mass is 16.5. The Labute approximate surface area is 157 Å². The second-order valence-corrected chi connectivity index (χ2v) is 7.80. The van der Waals surface area contributed by atoms with Gasteiger partial charge in [-0.05, 0) is 36.8 Å².